The highest BCUT2D eigenvalue weighted by molar-refractivity contribution is 6.03. The summed E-state index contributed by atoms with van der Waals surface area (Å²) in [7, 11) is 0. The summed E-state index contributed by atoms with van der Waals surface area (Å²) in [5.74, 6) is 1.35. The lowest BCUT2D eigenvalue weighted by atomic mass is 10.3. The van der Waals surface area contributed by atoms with E-state index in [0.717, 1.165) is 31.7 Å². The van der Waals surface area contributed by atoms with Gasteiger partial charge in [-0.05, 0) is 25.0 Å². The Balaban J connectivity index is 1.79. The van der Waals surface area contributed by atoms with Crippen LogP contribution in [0.5, 0.6) is 0 Å². The van der Waals surface area contributed by atoms with Gasteiger partial charge in [0.15, 0.2) is 5.82 Å². The number of nitrogens with one attached hydrogen (secondary N) is 2. The number of nitrogens with zero attached hydrogens (tertiary/aromatic N) is 4. The van der Waals surface area contributed by atoms with Crippen LogP contribution in [0.15, 0.2) is 18.3 Å². The van der Waals surface area contributed by atoms with Crippen LogP contribution < -0.4 is 10.2 Å². The molecule has 1 aliphatic heterocycles. The van der Waals surface area contributed by atoms with Gasteiger partial charge in [-0.1, -0.05) is 6.92 Å². The van der Waals surface area contributed by atoms with Gasteiger partial charge in [0.05, 0.1) is 5.69 Å². The Morgan fingerprint density at radius 1 is 1.43 bits per heavy atom. The van der Waals surface area contributed by atoms with Crippen molar-refractivity contribution in [3.8, 4) is 0 Å². The van der Waals surface area contributed by atoms with Gasteiger partial charge in [0.1, 0.15) is 5.82 Å². The number of pyridine rings is 1. The summed E-state index contributed by atoms with van der Waals surface area (Å²) in [5, 5.41) is 9.53. The molecule has 7 nitrogen and oxygen atoms in total. The van der Waals surface area contributed by atoms with Crippen LogP contribution >= 0.6 is 0 Å². The maximum absolute atomic E-state index is 12.2. The number of hydrogen-bond acceptors (Lipinski definition) is 5. The van der Waals surface area contributed by atoms with Gasteiger partial charge in [-0.25, -0.2) is 9.97 Å². The average molecular weight is 286 g/mol. The summed E-state index contributed by atoms with van der Waals surface area (Å²) < 4.78 is 0. The number of H-pyrrole nitrogens is 1. The molecule has 0 aromatic carbocycles. The lowest BCUT2D eigenvalue weighted by Gasteiger charge is -2.19. The topological polar surface area (TPSA) is 86.8 Å². The van der Waals surface area contributed by atoms with Crippen molar-refractivity contribution < 1.29 is 4.79 Å². The van der Waals surface area contributed by atoms with Crippen LogP contribution in [-0.4, -0.2) is 39.2 Å². The molecule has 0 aliphatic carbocycles. The Morgan fingerprint density at radius 2 is 2.24 bits per heavy atom. The molecule has 0 unspecified atom stereocenters. The van der Waals surface area contributed by atoms with Gasteiger partial charge in [-0.3, -0.25) is 9.89 Å². The number of aromatic amines is 1. The van der Waals surface area contributed by atoms with Crippen molar-refractivity contribution in [2.45, 2.75) is 26.2 Å². The SMILES string of the molecule is CCc1nc(C(=O)Nc2cccnc2N2CCCC2)n[nH]1. The van der Waals surface area contributed by atoms with Crippen LogP contribution in [0, 0.1) is 0 Å². The standard InChI is InChI=1S/C14H18N6O/c1-2-11-17-12(19-18-11)14(21)16-10-6-5-7-15-13(10)20-8-3-4-9-20/h5-7H,2-4,8-9H2,1H3,(H,16,21)(H,17,18,19). The Kier molecular flexibility index (Phi) is 3.81. The molecule has 0 radical (unpaired) electrons. The van der Waals surface area contributed by atoms with Gasteiger partial charge in [-0.15, -0.1) is 5.10 Å². The number of carbonyl (C=O) groups excluding carboxylic acids is 1. The molecule has 0 spiro atoms. The van der Waals surface area contributed by atoms with E-state index in [4.69, 9.17) is 0 Å². The van der Waals surface area contributed by atoms with Gasteiger partial charge in [0, 0.05) is 25.7 Å². The molecule has 0 bridgehead atoms. The summed E-state index contributed by atoms with van der Waals surface area (Å²) in [4.78, 5) is 22.9. The lowest BCUT2D eigenvalue weighted by molar-refractivity contribution is 0.101. The highest BCUT2D eigenvalue weighted by Crippen LogP contribution is 2.26. The molecule has 7 heteroatoms. The fourth-order valence-corrected chi connectivity index (χ4v) is 2.41. The summed E-state index contributed by atoms with van der Waals surface area (Å²) in [6.45, 7) is 3.90. The van der Waals surface area contributed by atoms with Crippen molar-refractivity contribution in [1.29, 1.82) is 0 Å². The summed E-state index contributed by atoms with van der Waals surface area (Å²) in [6, 6.07) is 3.66. The van der Waals surface area contributed by atoms with Crippen molar-refractivity contribution in [2.75, 3.05) is 23.3 Å². The number of rotatable bonds is 4. The van der Waals surface area contributed by atoms with Crippen LogP contribution in [0.4, 0.5) is 11.5 Å². The van der Waals surface area contributed by atoms with E-state index in [9.17, 15) is 4.79 Å². The molecule has 2 N–H and O–H groups in total. The Hall–Kier alpha value is -2.44. The highest BCUT2D eigenvalue weighted by Gasteiger charge is 2.19. The summed E-state index contributed by atoms with van der Waals surface area (Å²) >= 11 is 0. The van der Waals surface area contributed by atoms with Gasteiger partial charge in [0.25, 0.3) is 5.91 Å². The number of amides is 1. The summed E-state index contributed by atoms with van der Waals surface area (Å²) in [5.41, 5.74) is 0.701. The number of anilines is 2. The maximum atomic E-state index is 12.2. The van der Waals surface area contributed by atoms with Gasteiger partial charge >= 0.3 is 0 Å². The first kappa shape index (κ1) is 13.5. The van der Waals surface area contributed by atoms with E-state index in [1.165, 1.54) is 0 Å². The Morgan fingerprint density at radius 3 is 2.95 bits per heavy atom. The van der Waals surface area contributed by atoms with Crippen molar-refractivity contribution in [1.82, 2.24) is 20.2 Å². The quantitative estimate of drug-likeness (QED) is 0.891. The molecule has 2 aromatic rings. The van der Waals surface area contributed by atoms with Crippen LogP contribution in [0.3, 0.4) is 0 Å². The third kappa shape index (κ3) is 2.86. The third-order valence-corrected chi connectivity index (χ3v) is 3.51. The van der Waals surface area contributed by atoms with Crippen molar-refractivity contribution in [3.63, 3.8) is 0 Å². The molecule has 21 heavy (non-hydrogen) atoms. The van der Waals surface area contributed by atoms with Crippen LogP contribution in [0.1, 0.15) is 36.2 Å². The second-order valence-corrected chi connectivity index (χ2v) is 4.98. The predicted molar refractivity (Wildman–Crippen MR) is 79.4 cm³/mol. The zero-order chi connectivity index (χ0) is 14.7. The van der Waals surface area contributed by atoms with Crippen molar-refractivity contribution in [3.05, 3.63) is 30.0 Å². The molecule has 1 saturated heterocycles. The Bertz CT molecular complexity index is 632. The first-order valence-electron chi connectivity index (χ1n) is 7.20. The molecule has 1 aliphatic rings. The number of hydrogen-bond donors (Lipinski definition) is 2. The second kappa shape index (κ2) is 5.90. The molecular formula is C14H18N6O. The monoisotopic (exact) mass is 286 g/mol. The zero-order valence-corrected chi connectivity index (χ0v) is 12.0. The molecule has 0 atom stereocenters. The number of aryl methyl sites for hydroxylation is 1. The van der Waals surface area contributed by atoms with E-state index >= 15 is 0 Å². The Labute approximate surface area is 122 Å². The first-order chi connectivity index (χ1) is 10.3. The van der Waals surface area contributed by atoms with Gasteiger partial charge < -0.3 is 10.2 Å². The highest BCUT2D eigenvalue weighted by atomic mass is 16.2. The van der Waals surface area contributed by atoms with Gasteiger partial charge in [0.2, 0.25) is 5.82 Å². The molecule has 110 valence electrons. The maximum Gasteiger partial charge on any atom is 0.295 e. The molecule has 3 heterocycles. The average Bonchev–Trinajstić information content (AvgIpc) is 3.19. The lowest BCUT2D eigenvalue weighted by Crippen LogP contribution is -2.22. The fourth-order valence-electron chi connectivity index (χ4n) is 2.41. The largest absolute Gasteiger partial charge is 0.355 e. The third-order valence-electron chi connectivity index (χ3n) is 3.51. The van der Waals surface area contributed by atoms with E-state index in [-0.39, 0.29) is 11.7 Å². The minimum Gasteiger partial charge on any atom is -0.355 e. The molecule has 2 aromatic heterocycles. The van der Waals surface area contributed by atoms with Crippen LogP contribution in [-0.2, 0) is 6.42 Å². The van der Waals surface area contributed by atoms with E-state index < -0.39 is 0 Å². The van der Waals surface area contributed by atoms with Crippen molar-refractivity contribution in [2.24, 2.45) is 0 Å². The molecule has 0 saturated carbocycles. The molecule has 3 rings (SSSR count). The first-order valence-corrected chi connectivity index (χ1v) is 7.20. The second-order valence-electron chi connectivity index (χ2n) is 4.98. The minimum absolute atomic E-state index is 0.156. The molecular weight excluding hydrogens is 268 g/mol. The normalized spacial score (nSPS) is 14.4. The minimum atomic E-state index is -0.320. The van der Waals surface area contributed by atoms with Gasteiger partial charge in [-0.2, -0.15) is 0 Å². The molecule has 1 amide bonds. The zero-order valence-electron chi connectivity index (χ0n) is 12.0. The summed E-state index contributed by atoms with van der Waals surface area (Å²) in [6.07, 6.45) is 4.77. The van der Waals surface area contributed by atoms with E-state index in [1.807, 2.05) is 19.1 Å². The smallest absolute Gasteiger partial charge is 0.295 e. The number of aromatic nitrogens is 4. The predicted octanol–water partition coefficient (Wildman–Crippen LogP) is 1.61. The van der Waals surface area contributed by atoms with E-state index in [2.05, 4.69) is 30.4 Å². The molecule has 1 fully saturated rings. The van der Waals surface area contributed by atoms with E-state index in [1.54, 1.807) is 6.20 Å². The van der Waals surface area contributed by atoms with Crippen LogP contribution in [0.25, 0.3) is 0 Å². The fraction of sp³-hybridized carbons (Fsp3) is 0.429. The van der Waals surface area contributed by atoms with E-state index in [0.29, 0.717) is 17.9 Å². The van der Waals surface area contributed by atoms with Crippen molar-refractivity contribution >= 4 is 17.4 Å². The van der Waals surface area contributed by atoms with Crippen LogP contribution in [0.2, 0.25) is 0 Å². The number of carbonyl (C=O) groups is 1.